The van der Waals surface area contributed by atoms with Crippen LogP contribution in [0.5, 0.6) is 0 Å². The molecular formula is C19H30N4O2S. The normalized spacial score (nSPS) is 19.8. The number of piperidine rings is 1. The molecule has 0 bridgehead atoms. The average Bonchev–Trinajstić information content (AvgIpc) is 2.64. The summed E-state index contributed by atoms with van der Waals surface area (Å²) in [6, 6.07) is 7.27. The summed E-state index contributed by atoms with van der Waals surface area (Å²) in [7, 11) is -1.69. The Hall–Kier alpha value is -1.60. The maximum absolute atomic E-state index is 13.0. The van der Waals surface area contributed by atoms with Crippen LogP contribution in [0.3, 0.4) is 0 Å². The standard InChI is InChI=1S/C19H30N4O2S/c1-20-19(21-14-16-8-7-9-16)22-15-17-10-3-4-11-18(17)26(24,25)23-12-5-2-6-13-23/h3-4,10-11,16H,2,5-9,12-15H2,1H3,(H2,20,21,22). The Morgan fingerprint density at radius 2 is 1.85 bits per heavy atom. The van der Waals surface area contributed by atoms with Crippen LogP contribution in [-0.2, 0) is 16.6 Å². The minimum atomic E-state index is -3.43. The van der Waals surface area contributed by atoms with Gasteiger partial charge in [0.05, 0.1) is 4.90 Å². The lowest BCUT2D eigenvalue weighted by Gasteiger charge is -2.27. The van der Waals surface area contributed by atoms with E-state index in [2.05, 4.69) is 15.6 Å². The van der Waals surface area contributed by atoms with E-state index in [4.69, 9.17) is 0 Å². The summed E-state index contributed by atoms with van der Waals surface area (Å²) in [6.07, 6.45) is 6.87. The Kier molecular flexibility index (Phi) is 6.53. The molecule has 1 aromatic rings. The summed E-state index contributed by atoms with van der Waals surface area (Å²) in [6.45, 7) is 2.60. The molecular weight excluding hydrogens is 348 g/mol. The Morgan fingerprint density at radius 3 is 2.50 bits per heavy atom. The first-order valence-corrected chi connectivity index (χ1v) is 11.1. The van der Waals surface area contributed by atoms with Crippen molar-refractivity contribution in [3.05, 3.63) is 29.8 Å². The van der Waals surface area contributed by atoms with Gasteiger partial charge in [-0.15, -0.1) is 0 Å². The molecule has 1 aromatic carbocycles. The van der Waals surface area contributed by atoms with Gasteiger partial charge in [0.25, 0.3) is 0 Å². The summed E-state index contributed by atoms with van der Waals surface area (Å²) >= 11 is 0. The number of hydrogen-bond acceptors (Lipinski definition) is 3. The van der Waals surface area contributed by atoms with Crippen molar-refractivity contribution in [3.8, 4) is 0 Å². The van der Waals surface area contributed by atoms with E-state index in [0.29, 0.717) is 24.5 Å². The third-order valence-corrected chi connectivity index (χ3v) is 7.36. The van der Waals surface area contributed by atoms with Gasteiger partial charge in [-0.2, -0.15) is 4.31 Å². The quantitative estimate of drug-likeness (QED) is 0.589. The number of nitrogens with zero attached hydrogens (tertiary/aromatic N) is 2. The highest BCUT2D eigenvalue weighted by atomic mass is 32.2. The Labute approximate surface area is 157 Å². The second-order valence-electron chi connectivity index (χ2n) is 7.18. The third kappa shape index (κ3) is 4.57. The molecule has 7 heteroatoms. The zero-order valence-corrected chi connectivity index (χ0v) is 16.4. The molecule has 0 radical (unpaired) electrons. The third-order valence-electron chi connectivity index (χ3n) is 5.36. The van der Waals surface area contributed by atoms with Gasteiger partial charge in [0.1, 0.15) is 0 Å². The zero-order valence-electron chi connectivity index (χ0n) is 15.6. The van der Waals surface area contributed by atoms with E-state index in [1.165, 1.54) is 19.3 Å². The first-order valence-electron chi connectivity index (χ1n) is 9.64. The Bertz CT molecular complexity index is 723. The van der Waals surface area contributed by atoms with Gasteiger partial charge in [-0.3, -0.25) is 4.99 Å². The van der Waals surface area contributed by atoms with Crippen molar-refractivity contribution in [2.75, 3.05) is 26.7 Å². The number of benzene rings is 1. The van der Waals surface area contributed by atoms with Gasteiger partial charge >= 0.3 is 0 Å². The molecule has 1 saturated heterocycles. The zero-order chi connectivity index (χ0) is 18.4. The van der Waals surface area contributed by atoms with Gasteiger partial charge in [-0.25, -0.2) is 8.42 Å². The molecule has 2 fully saturated rings. The minimum Gasteiger partial charge on any atom is -0.356 e. The molecule has 0 atom stereocenters. The molecule has 6 nitrogen and oxygen atoms in total. The SMILES string of the molecule is CN=C(NCc1ccccc1S(=O)(=O)N1CCCCC1)NCC1CCC1. The van der Waals surface area contributed by atoms with Gasteiger partial charge in [0.2, 0.25) is 10.0 Å². The Morgan fingerprint density at radius 1 is 1.12 bits per heavy atom. The van der Waals surface area contributed by atoms with Crippen molar-refractivity contribution in [1.29, 1.82) is 0 Å². The number of aliphatic imine (C=N–C) groups is 1. The van der Waals surface area contributed by atoms with Gasteiger partial charge < -0.3 is 10.6 Å². The van der Waals surface area contributed by atoms with E-state index in [0.717, 1.165) is 43.2 Å². The van der Waals surface area contributed by atoms with E-state index in [-0.39, 0.29) is 0 Å². The summed E-state index contributed by atoms with van der Waals surface area (Å²) < 4.78 is 27.7. The predicted molar refractivity (Wildman–Crippen MR) is 105 cm³/mol. The van der Waals surface area contributed by atoms with Crippen LogP contribution in [-0.4, -0.2) is 45.4 Å². The average molecular weight is 379 g/mol. The van der Waals surface area contributed by atoms with Crippen molar-refractivity contribution in [1.82, 2.24) is 14.9 Å². The van der Waals surface area contributed by atoms with Gasteiger partial charge in [-0.05, 0) is 43.2 Å². The predicted octanol–water partition coefficient (Wildman–Crippen LogP) is 2.33. The molecule has 144 valence electrons. The van der Waals surface area contributed by atoms with Gasteiger partial charge in [0.15, 0.2) is 5.96 Å². The topological polar surface area (TPSA) is 73.8 Å². The number of nitrogens with one attached hydrogen (secondary N) is 2. The highest BCUT2D eigenvalue weighted by molar-refractivity contribution is 7.89. The van der Waals surface area contributed by atoms with Crippen LogP contribution in [0.2, 0.25) is 0 Å². The van der Waals surface area contributed by atoms with Gasteiger partial charge in [-0.1, -0.05) is 31.0 Å². The molecule has 0 spiro atoms. The fourth-order valence-corrected chi connectivity index (χ4v) is 5.22. The molecule has 0 amide bonds. The molecule has 0 unspecified atom stereocenters. The second-order valence-corrected chi connectivity index (χ2v) is 9.08. The number of sulfonamides is 1. The molecule has 1 heterocycles. The molecule has 0 aromatic heterocycles. The second kappa shape index (κ2) is 8.86. The van der Waals surface area contributed by atoms with Crippen molar-refractivity contribution in [3.63, 3.8) is 0 Å². The molecule has 2 aliphatic rings. The first-order chi connectivity index (χ1) is 12.6. The number of rotatable bonds is 6. The van der Waals surface area contributed by atoms with Crippen LogP contribution >= 0.6 is 0 Å². The van der Waals surface area contributed by atoms with Gasteiger partial charge in [0, 0.05) is 33.2 Å². The van der Waals surface area contributed by atoms with Crippen LogP contribution in [0.1, 0.15) is 44.1 Å². The maximum Gasteiger partial charge on any atom is 0.243 e. The molecule has 2 N–H and O–H groups in total. The molecule has 26 heavy (non-hydrogen) atoms. The van der Waals surface area contributed by atoms with Crippen molar-refractivity contribution in [2.45, 2.75) is 50.0 Å². The highest BCUT2D eigenvalue weighted by Crippen LogP contribution is 2.25. The number of guanidine groups is 1. The van der Waals surface area contributed by atoms with E-state index in [9.17, 15) is 8.42 Å². The fraction of sp³-hybridized carbons (Fsp3) is 0.632. The van der Waals surface area contributed by atoms with Crippen molar-refractivity contribution >= 4 is 16.0 Å². The van der Waals surface area contributed by atoms with E-state index in [1.807, 2.05) is 12.1 Å². The summed E-state index contributed by atoms with van der Waals surface area (Å²) in [5, 5.41) is 6.60. The van der Waals surface area contributed by atoms with Crippen LogP contribution < -0.4 is 10.6 Å². The maximum atomic E-state index is 13.0. The molecule has 1 saturated carbocycles. The molecule has 1 aliphatic heterocycles. The summed E-state index contributed by atoms with van der Waals surface area (Å²) in [4.78, 5) is 4.66. The lowest BCUT2D eigenvalue weighted by Crippen LogP contribution is -2.41. The summed E-state index contributed by atoms with van der Waals surface area (Å²) in [5.41, 5.74) is 0.782. The molecule has 1 aliphatic carbocycles. The summed E-state index contributed by atoms with van der Waals surface area (Å²) in [5.74, 6) is 1.46. The largest absolute Gasteiger partial charge is 0.356 e. The fourth-order valence-electron chi connectivity index (χ4n) is 3.48. The highest BCUT2D eigenvalue weighted by Gasteiger charge is 2.27. The minimum absolute atomic E-state index is 0.406. The lowest BCUT2D eigenvalue weighted by atomic mass is 9.85. The van der Waals surface area contributed by atoms with E-state index in [1.54, 1.807) is 23.5 Å². The number of hydrogen-bond donors (Lipinski definition) is 2. The van der Waals surface area contributed by atoms with E-state index >= 15 is 0 Å². The van der Waals surface area contributed by atoms with E-state index < -0.39 is 10.0 Å². The molecule has 3 rings (SSSR count). The first kappa shape index (κ1) is 19.2. The Balaban J connectivity index is 1.66. The van der Waals surface area contributed by atoms with Crippen LogP contribution in [0, 0.1) is 5.92 Å². The van der Waals surface area contributed by atoms with Crippen molar-refractivity contribution < 1.29 is 8.42 Å². The van der Waals surface area contributed by atoms with Crippen molar-refractivity contribution in [2.24, 2.45) is 10.9 Å². The lowest BCUT2D eigenvalue weighted by molar-refractivity contribution is 0.314. The van der Waals surface area contributed by atoms with Crippen LogP contribution in [0.15, 0.2) is 34.2 Å². The van der Waals surface area contributed by atoms with Crippen LogP contribution in [0.25, 0.3) is 0 Å². The smallest absolute Gasteiger partial charge is 0.243 e. The van der Waals surface area contributed by atoms with Crippen LogP contribution in [0.4, 0.5) is 0 Å². The monoisotopic (exact) mass is 378 g/mol.